The first-order valence-electron chi connectivity index (χ1n) is 10.4. The zero-order valence-electron chi connectivity index (χ0n) is 16.8. The van der Waals surface area contributed by atoms with Gasteiger partial charge in [-0.15, -0.1) is 0 Å². The maximum atomic E-state index is 13.2. The molecule has 2 amide bonds. The second kappa shape index (κ2) is 7.54. The van der Waals surface area contributed by atoms with Crippen LogP contribution in [0.5, 0.6) is 0 Å². The Kier molecular flexibility index (Phi) is 4.82. The van der Waals surface area contributed by atoms with Crippen molar-refractivity contribution in [2.24, 2.45) is 11.8 Å². The van der Waals surface area contributed by atoms with E-state index in [1.807, 2.05) is 11.0 Å². The molecular formula is C21H23N4O6-. The van der Waals surface area contributed by atoms with E-state index in [2.05, 4.69) is 0 Å². The number of piperidine rings is 1. The van der Waals surface area contributed by atoms with Gasteiger partial charge in [0.2, 0.25) is 11.8 Å². The lowest BCUT2D eigenvalue weighted by Crippen LogP contribution is -2.51. The van der Waals surface area contributed by atoms with Gasteiger partial charge in [0.15, 0.2) is 0 Å². The van der Waals surface area contributed by atoms with Crippen LogP contribution in [0.1, 0.15) is 30.2 Å². The van der Waals surface area contributed by atoms with Crippen molar-refractivity contribution in [3.8, 4) is 0 Å². The molecule has 2 aromatic heterocycles. The summed E-state index contributed by atoms with van der Waals surface area (Å²) in [5, 5.41) is 20.0. The smallest absolute Gasteiger partial charge is 0.275 e. The number of amides is 2. The van der Waals surface area contributed by atoms with Crippen LogP contribution in [-0.2, 0) is 22.7 Å². The van der Waals surface area contributed by atoms with Gasteiger partial charge in [0.25, 0.3) is 5.56 Å². The van der Waals surface area contributed by atoms with Crippen molar-refractivity contribution >= 4 is 17.5 Å². The largest absolute Gasteiger partial charge is 0.733 e. The van der Waals surface area contributed by atoms with Gasteiger partial charge < -0.3 is 29.2 Å². The number of carbonyl (C=O) groups is 2. The first-order chi connectivity index (χ1) is 14.9. The number of nitrogens with zero attached hydrogens (tertiary/aromatic N) is 4. The minimum absolute atomic E-state index is 0.0201. The third-order valence-electron chi connectivity index (χ3n) is 6.59. The first-order valence-corrected chi connectivity index (χ1v) is 10.4. The van der Waals surface area contributed by atoms with Crippen LogP contribution in [0.3, 0.4) is 0 Å². The predicted octanol–water partition coefficient (Wildman–Crippen LogP) is 1.13. The highest BCUT2D eigenvalue weighted by atomic mass is 16.8. The lowest BCUT2D eigenvalue weighted by atomic mass is 9.82. The molecule has 164 valence electrons. The van der Waals surface area contributed by atoms with Crippen molar-refractivity contribution in [2.45, 2.75) is 31.8 Å². The van der Waals surface area contributed by atoms with Crippen molar-refractivity contribution in [3.05, 3.63) is 57.5 Å². The molecule has 1 N–H and O–H groups in total. The van der Waals surface area contributed by atoms with E-state index in [-0.39, 0.29) is 41.7 Å². The van der Waals surface area contributed by atoms with Gasteiger partial charge in [-0.1, -0.05) is 0 Å². The van der Waals surface area contributed by atoms with Crippen LogP contribution in [0.2, 0.25) is 0 Å². The zero-order valence-corrected chi connectivity index (χ0v) is 16.8. The number of rotatable bonds is 4. The highest BCUT2D eigenvalue weighted by Crippen LogP contribution is 2.36. The molecule has 3 atom stereocenters. The summed E-state index contributed by atoms with van der Waals surface area (Å²) >= 11 is 0. The summed E-state index contributed by atoms with van der Waals surface area (Å²) in [5.41, 5.74) is -0.0523. The molecule has 0 aliphatic carbocycles. The molecule has 5 rings (SSSR count). The summed E-state index contributed by atoms with van der Waals surface area (Å²) in [4.78, 5) is 41.7. The van der Waals surface area contributed by atoms with Gasteiger partial charge in [-0.05, 0) is 36.6 Å². The maximum Gasteiger partial charge on any atom is 0.275 e. The van der Waals surface area contributed by atoms with Crippen LogP contribution in [0, 0.1) is 17.0 Å². The Morgan fingerprint density at radius 2 is 2.03 bits per heavy atom. The number of likely N-dealkylation sites (tertiary alicyclic amines) is 2. The molecular weight excluding hydrogens is 404 g/mol. The van der Waals surface area contributed by atoms with Crippen molar-refractivity contribution in [1.82, 2.24) is 14.4 Å². The summed E-state index contributed by atoms with van der Waals surface area (Å²) in [7, 11) is 0. The van der Waals surface area contributed by atoms with Gasteiger partial charge in [-0.3, -0.25) is 19.6 Å². The Morgan fingerprint density at radius 1 is 1.19 bits per heavy atom. The third kappa shape index (κ3) is 3.51. The Morgan fingerprint density at radius 3 is 2.77 bits per heavy atom. The number of aromatic nitrogens is 1. The number of pyridine rings is 1. The number of hydrogen-bond acceptors (Lipinski definition) is 7. The van der Waals surface area contributed by atoms with E-state index in [0.717, 1.165) is 12.1 Å². The van der Waals surface area contributed by atoms with Crippen molar-refractivity contribution < 1.29 is 19.2 Å². The zero-order chi connectivity index (χ0) is 21.7. The molecule has 3 aliphatic heterocycles. The Balaban J connectivity index is 1.30. The van der Waals surface area contributed by atoms with Gasteiger partial charge >= 0.3 is 0 Å². The second-order valence-corrected chi connectivity index (χ2v) is 8.63. The van der Waals surface area contributed by atoms with E-state index < -0.39 is 10.8 Å². The summed E-state index contributed by atoms with van der Waals surface area (Å²) < 4.78 is 6.86. The Bertz CT molecular complexity index is 1060. The standard InChI is InChI=1S/C21H23N4O6/c26-19-7-15(11-22(19)12-16-2-1-5-31-16)20(27)23-8-13-6-14(10-23)17-3-4-18(25(29)30)21(28)24(17)9-13/h1-5,13-15,29H,6-12H2/q-1. The molecule has 0 radical (unpaired) electrons. The van der Waals surface area contributed by atoms with Gasteiger partial charge in [0.1, 0.15) is 11.4 Å². The van der Waals surface area contributed by atoms with Crippen LogP contribution in [0.4, 0.5) is 5.69 Å². The van der Waals surface area contributed by atoms with E-state index >= 15 is 0 Å². The molecule has 2 bridgehead atoms. The van der Waals surface area contributed by atoms with Crippen LogP contribution in [0.15, 0.2) is 39.7 Å². The molecule has 2 saturated heterocycles. The molecule has 10 heteroatoms. The quantitative estimate of drug-likeness (QED) is 0.726. The molecule has 2 aromatic rings. The van der Waals surface area contributed by atoms with Gasteiger partial charge in [-0.25, -0.2) is 0 Å². The molecule has 31 heavy (non-hydrogen) atoms. The highest BCUT2D eigenvalue weighted by Gasteiger charge is 2.41. The average Bonchev–Trinajstić information content (AvgIpc) is 3.38. The summed E-state index contributed by atoms with van der Waals surface area (Å²) in [6.45, 7) is 2.11. The van der Waals surface area contributed by atoms with Crippen LogP contribution < -0.4 is 10.8 Å². The topological polar surface area (TPSA) is 122 Å². The fourth-order valence-corrected chi connectivity index (χ4v) is 5.20. The fraction of sp³-hybridized carbons (Fsp3) is 0.476. The van der Waals surface area contributed by atoms with Crippen molar-refractivity contribution in [2.75, 3.05) is 24.9 Å². The van der Waals surface area contributed by atoms with E-state index in [1.54, 1.807) is 27.9 Å². The third-order valence-corrected chi connectivity index (χ3v) is 6.59. The van der Waals surface area contributed by atoms with Gasteiger partial charge in [0, 0.05) is 44.2 Å². The average molecular weight is 427 g/mol. The minimum Gasteiger partial charge on any atom is -0.733 e. The number of carbonyl (C=O) groups excluding carboxylic acids is 2. The highest BCUT2D eigenvalue weighted by molar-refractivity contribution is 5.89. The lowest BCUT2D eigenvalue weighted by molar-refractivity contribution is -0.138. The molecule has 0 aromatic carbocycles. The monoisotopic (exact) mass is 427 g/mol. The molecule has 0 saturated carbocycles. The van der Waals surface area contributed by atoms with Crippen LogP contribution in [0.25, 0.3) is 0 Å². The number of hydrogen-bond donors (Lipinski definition) is 1. The fourth-order valence-electron chi connectivity index (χ4n) is 5.20. The van der Waals surface area contributed by atoms with E-state index in [0.29, 0.717) is 38.5 Å². The van der Waals surface area contributed by atoms with Crippen LogP contribution in [-0.4, -0.2) is 51.0 Å². The lowest BCUT2D eigenvalue weighted by Gasteiger charge is -2.43. The SMILES string of the molecule is O=C1CC(C(=O)N2CC3CC(C2)c2ccc(N([O-])O)c(=O)n2C3)CN1Cc1ccco1. The van der Waals surface area contributed by atoms with Crippen molar-refractivity contribution in [1.29, 1.82) is 0 Å². The summed E-state index contributed by atoms with van der Waals surface area (Å²) in [5.74, 6) is 0.289. The second-order valence-electron chi connectivity index (χ2n) is 8.63. The minimum atomic E-state index is -0.514. The molecule has 3 aliphatic rings. The number of furan rings is 1. The number of anilines is 1. The van der Waals surface area contributed by atoms with E-state index in [1.165, 1.54) is 6.07 Å². The molecule has 2 fully saturated rings. The van der Waals surface area contributed by atoms with E-state index in [4.69, 9.17) is 9.62 Å². The van der Waals surface area contributed by atoms with E-state index in [9.17, 15) is 19.6 Å². The normalized spacial score (nSPS) is 25.0. The summed E-state index contributed by atoms with van der Waals surface area (Å²) in [6.07, 6.45) is 2.61. The maximum absolute atomic E-state index is 13.2. The van der Waals surface area contributed by atoms with Crippen LogP contribution >= 0.6 is 0 Å². The number of fused-ring (bicyclic) bond motifs is 4. The Hall–Kier alpha value is -3.11. The molecule has 10 nitrogen and oxygen atoms in total. The summed E-state index contributed by atoms with van der Waals surface area (Å²) in [6, 6.07) is 6.58. The first kappa shape index (κ1) is 19.8. The van der Waals surface area contributed by atoms with Gasteiger partial charge in [-0.2, -0.15) is 0 Å². The molecule has 0 spiro atoms. The molecule has 5 heterocycles. The van der Waals surface area contributed by atoms with Crippen molar-refractivity contribution in [3.63, 3.8) is 0 Å². The Labute approximate surface area is 177 Å². The predicted molar refractivity (Wildman–Crippen MR) is 108 cm³/mol. The molecule has 3 unspecified atom stereocenters. The van der Waals surface area contributed by atoms with Gasteiger partial charge in [0.05, 0.1) is 18.7 Å².